The third-order valence-electron chi connectivity index (χ3n) is 2.73. The molecule has 0 bridgehead atoms. The first-order chi connectivity index (χ1) is 6.65. The van der Waals surface area contributed by atoms with E-state index in [0.29, 0.717) is 19.4 Å². The van der Waals surface area contributed by atoms with Gasteiger partial charge in [0, 0.05) is 12.6 Å². The molecule has 1 saturated carbocycles. The van der Waals surface area contributed by atoms with Gasteiger partial charge in [0.15, 0.2) is 0 Å². The van der Waals surface area contributed by atoms with Crippen molar-refractivity contribution in [2.75, 3.05) is 6.61 Å². The lowest BCUT2D eigenvalue weighted by Gasteiger charge is -2.32. The molecule has 0 aromatic carbocycles. The van der Waals surface area contributed by atoms with Crippen molar-refractivity contribution >= 4 is 5.97 Å². The molecule has 0 aromatic rings. The van der Waals surface area contributed by atoms with Crippen LogP contribution in [-0.4, -0.2) is 29.8 Å². The fraction of sp³-hybridized carbons (Fsp3) is 0.900. The molecule has 0 amide bonds. The molecular formula is C10H19NO3. The number of rotatable bonds is 4. The second-order valence-electron chi connectivity index (χ2n) is 3.92. The molecule has 0 saturated heterocycles. The smallest absolute Gasteiger partial charge is 0.306 e. The lowest BCUT2D eigenvalue weighted by atomic mass is 9.84. The predicted octanol–water partition coefficient (Wildman–Crippen LogP) is 0.994. The summed E-state index contributed by atoms with van der Waals surface area (Å²) in [6.07, 6.45) is 2.88. The number of hydrogen-bond acceptors (Lipinski definition) is 3. The number of ether oxygens (including phenoxy) is 1. The van der Waals surface area contributed by atoms with Crippen molar-refractivity contribution in [1.29, 1.82) is 0 Å². The van der Waals surface area contributed by atoms with Crippen LogP contribution in [0.3, 0.4) is 0 Å². The van der Waals surface area contributed by atoms with E-state index < -0.39 is 5.97 Å². The second-order valence-corrected chi connectivity index (χ2v) is 3.92. The summed E-state index contributed by atoms with van der Waals surface area (Å²) in [4.78, 5) is 10.8. The molecule has 0 heterocycles. The highest BCUT2D eigenvalue weighted by atomic mass is 16.5. The van der Waals surface area contributed by atoms with Gasteiger partial charge in [-0.1, -0.05) is 6.92 Å². The largest absolute Gasteiger partial charge is 0.481 e. The maximum Gasteiger partial charge on any atom is 0.306 e. The van der Waals surface area contributed by atoms with E-state index in [1.54, 1.807) is 0 Å². The predicted molar refractivity (Wildman–Crippen MR) is 53.0 cm³/mol. The molecule has 0 unspecified atom stereocenters. The van der Waals surface area contributed by atoms with Crippen LogP contribution < -0.4 is 5.73 Å². The third-order valence-corrected chi connectivity index (χ3v) is 2.73. The number of carboxylic acid groups (broad SMARTS) is 1. The number of nitrogens with two attached hydrogens (primary N) is 1. The van der Waals surface area contributed by atoms with Crippen LogP contribution in [0.4, 0.5) is 0 Å². The Balaban J connectivity index is 2.42. The van der Waals surface area contributed by atoms with Crippen LogP contribution in [0, 0.1) is 5.92 Å². The minimum atomic E-state index is -0.720. The lowest BCUT2D eigenvalue weighted by Crippen LogP contribution is -2.43. The normalized spacial score (nSPS) is 32.9. The van der Waals surface area contributed by atoms with Crippen LogP contribution in [0.5, 0.6) is 0 Å². The van der Waals surface area contributed by atoms with Gasteiger partial charge in [0.05, 0.1) is 12.0 Å². The summed E-state index contributed by atoms with van der Waals surface area (Å²) in [7, 11) is 0. The van der Waals surface area contributed by atoms with Gasteiger partial charge in [-0.3, -0.25) is 4.79 Å². The Hall–Kier alpha value is -0.610. The molecule has 1 rings (SSSR count). The zero-order valence-electron chi connectivity index (χ0n) is 8.61. The standard InChI is InChI=1S/C10H19NO3/c1-2-5-14-9-6-7(10(12)13)3-4-8(9)11/h7-9H,2-6,11H2,1H3,(H,12,13)/t7-,8+,9+/m1/s1. The molecule has 1 fully saturated rings. The molecule has 0 radical (unpaired) electrons. The molecule has 3 atom stereocenters. The van der Waals surface area contributed by atoms with Gasteiger partial charge < -0.3 is 15.6 Å². The summed E-state index contributed by atoms with van der Waals surface area (Å²) in [5.74, 6) is -0.987. The Labute approximate surface area is 84.4 Å². The molecule has 82 valence electrons. The van der Waals surface area contributed by atoms with Crippen molar-refractivity contribution in [3.05, 3.63) is 0 Å². The van der Waals surface area contributed by atoms with Gasteiger partial charge in [0.2, 0.25) is 0 Å². The number of aliphatic carboxylic acids is 1. The summed E-state index contributed by atoms with van der Waals surface area (Å²) in [6.45, 7) is 2.70. The quantitative estimate of drug-likeness (QED) is 0.711. The zero-order chi connectivity index (χ0) is 10.6. The monoisotopic (exact) mass is 201 g/mol. The second kappa shape index (κ2) is 5.32. The SMILES string of the molecule is CCCO[C@H]1C[C@H](C(=O)O)CC[C@@H]1N. The average Bonchev–Trinajstić information content (AvgIpc) is 2.16. The van der Waals surface area contributed by atoms with Crippen molar-refractivity contribution in [1.82, 2.24) is 0 Å². The minimum absolute atomic E-state index is 0.0112. The van der Waals surface area contributed by atoms with Gasteiger partial charge in [0.1, 0.15) is 0 Å². The first kappa shape index (κ1) is 11.5. The summed E-state index contributed by atoms with van der Waals surface area (Å²) in [5.41, 5.74) is 5.86. The molecule has 1 aliphatic rings. The Kier molecular flexibility index (Phi) is 4.35. The van der Waals surface area contributed by atoms with E-state index in [-0.39, 0.29) is 18.1 Å². The van der Waals surface area contributed by atoms with Gasteiger partial charge in [-0.05, 0) is 25.7 Å². The van der Waals surface area contributed by atoms with Gasteiger partial charge in [-0.2, -0.15) is 0 Å². The van der Waals surface area contributed by atoms with E-state index in [2.05, 4.69) is 0 Å². The highest BCUT2D eigenvalue weighted by Crippen LogP contribution is 2.25. The van der Waals surface area contributed by atoms with Crippen molar-refractivity contribution < 1.29 is 14.6 Å². The summed E-state index contributed by atoms with van der Waals surface area (Å²) in [5, 5.41) is 8.87. The molecular weight excluding hydrogens is 182 g/mol. The molecule has 0 spiro atoms. The van der Waals surface area contributed by atoms with Crippen LogP contribution in [0.15, 0.2) is 0 Å². The van der Waals surface area contributed by atoms with Crippen molar-refractivity contribution in [3.63, 3.8) is 0 Å². The maximum atomic E-state index is 10.8. The fourth-order valence-electron chi connectivity index (χ4n) is 1.84. The third kappa shape index (κ3) is 2.96. The zero-order valence-corrected chi connectivity index (χ0v) is 8.61. The van der Waals surface area contributed by atoms with E-state index in [1.165, 1.54) is 0 Å². The van der Waals surface area contributed by atoms with Gasteiger partial charge in [-0.15, -0.1) is 0 Å². The van der Waals surface area contributed by atoms with Crippen LogP contribution in [0.1, 0.15) is 32.6 Å². The van der Waals surface area contributed by atoms with Crippen LogP contribution >= 0.6 is 0 Å². The fourth-order valence-corrected chi connectivity index (χ4v) is 1.84. The summed E-state index contributed by atoms with van der Waals surface area (Å²) < 4.78 is 5.54. The molecule has 0 aromatic heterocycles. The number of carbonyl (C=O) groups is 1. The molecule has 3 N–H and O–H groups in total. The number of carboxylic acids is 1. The lowest BCUT2D eigenvalue weighted by molar-refractivity contribution is -0.145. The Bertz CT molecular complexity index is 196. The minimum Gasteiger partial charge on any atom is -0.481 e. The van der Waals surface area contributed by atoms with Gasteiger partial charge in [-0.25, -0.2) is 0 Å². The molecule has 1 aliphatic carbocycles. The highest BCUT2D eigenvalue weighted by Gasteiger charge is 2.32. The van der Waals surface area contributed by atoms with Gasteiger partial charge in [0.25, 0.3) is 0 Å². The van der Waals surface area contributed by atoms with Crippen molar-refractivity contribution in [3.8, 4) is 0 Å². The molecule has 14 heavy (non-hydrogen) atoms. The Morgan fingerprint density at radius 3 is 2.86 bits per heavy atom. The molecule has 4 heteroatoms. The summed E-state index contributed by atoms with van der Waals surface area (Å²) >= 11 is 0. The van der Waals surface area contributed by atoms with Crippen molar-refractivity contribution in [2.24, 2.45) is 11.7 Å². The van der Waals surface area contributed by atoms with E-state index in [9.17, 15) is 4.79 Å². The first-order valence-electron chi connectivity index (χ1n) is 5.25. The summed E-state index contributed by atoms with van der Waals surface area (Å²) in [6, 6.07) is 0.0112. The van der Waals surface area contributed by atoms with Gasteiger partial charge >= 0.3 is 5.97 Å². The van der Waals surface area contributed by atoms with E-state index in [4.69, 9.17) is 15.6 Å². The van der Waals surface area contributed by atoms with Crippen molar-refractivity contribution in [2.45, 2.75) is 44.8 Å². The van der Waals surface area contributed by atoms with Crippen LogP contribution in [-0.2, 0) is 9.53 Å². The van der Waals surface area contributed by atoms with Crippen LogP contribution in [0.25, 0.3) is 0 Å². The van der Waals surface area contributed by atoms with E-state index >= 15 is 0 Å². The Morgan fingerprint density at radius 1 is 1.57 bits per heavy atom. The Morgan fingerprint density at radius 2 is 2.29 bits per heavy atom. The number of hydrogen-bond donors (Lipinski definition) is 2. The molecule has 4 nitrogen and oxygen atoms in total. The first-order valence-corrected chi connectivity index (χ1v) is 5.25. The van der Waals surface area contributed by atoms with Crippen LogP contribution in [0.2, 0.25) is 0 Å². The average molecular weight is 201 g/mol. The topological polar surface area (TPSA) is 72.5 Å². The van der Waals surface area contributed by atoms with E-state index in [0.717, 1.165) is 12.8 Å². The highest BCUT2D eigenvalue weighted by molar-refractivity contribution is 5.70. The van der Waals surface area contributed by atoms with E-state index in [1.807, 2.05) is 6.92 Å². The maximum absolute atomic E-state index is 10.8. The molecule has 0 aliphatic heterocycles.